The molecule has 1 aliphatic heterocycles. The van der Waals surface area contributed by atoms with Crippen LogP contribution in [0.1, 0.15) is 17.8 Å². The molecular formula is C11H19BrN4. The maximum Gasteiger partial charge on any atom is 0.0739 e. The Hall–Kier alpha value is -0.390. The average molecular weight is 287 g/mol. The fourth-order valence-corrected chi connectivity index (χ4v) is 2.69. The number of nitrogens with zero attached hydrogens (tertiary/aromatic N) is 3. The number of aryl methyl sites for hydroxylation is 2. The smallest absolute Gasteiger partial charge is 0.0739 e. The lowest BCUT2D eigenvalue weighted by atomic mass is 10.2. The van der Waals surface area contributed by atoms with Gasteiger partial charge in [-0.25, -0.2) is 0 Å². The van der Waals surface area contributed by atoms with Gasteiger partial charge in [-0.3, -0.25) is 9.58 Å². The van der Waals surface area contributed by atoms with Gasteiger partial charge < -0.3 is 5.32 Å². The molecule has 1 aromatic heterocycles. The number of rotatable bonds is 3. The highest BCUT2D eigenvalue weighted by molar-refractivity contribution is 9.10. The molecule has 1 aromatic rings. The third-order valence-electron chi connectivity index (χ3n) is 3.32. The molecule has 1 atom stereocenters. The normalized spacial score (nSPS) is 20.9. The Balaban J connectivity index is 2.07. The average Bonchev–Trinajstić information content (AvgIpc) is 2.83. The van der Waals surface area contributed by atoms with E-state index in [9.17, 15) is 0 Å². The van der Waals surface area contributed by atoms with E-state index in [2.05, 4.69) is 38.3 Å². The summed E-state index contributed by atoms with van der Waals surface area (Å²) in [6, 6.07) is 0.655. The molecule has 2 heterocycles. The number of halogens is 1. The standard InChI is InChI=1S/C11H19BrN4/c1-8-11(12)10(16(3)14-8)7-15(2)9-4-5-13-6-9/h9,13H,4-7H2,1-3H3. The van der Waals surface area contributed by atoms with E-state index in [1.165, 1.54) is 12.1 Å². The van der Waals surface area contributed by atoms with Crippen LogP contribution in [0, 0.1) is 6.92 Å². The van der Waals surface area contributed by atoms with Crippen molar-refractivity contribution < 1.29 is 0 Å². The van der Waals surface area contributed by atoms with Crippen LogP contribution >= 0.6 is 15.9 Å². The minimum atomic E-state index is 0.655. The summed E-state index contributed by atoms with van der Waals surface area (Å²) >= 11 is 3.61. The molecule has 16 heavy (non-hydrogen) atoms. The minimum absolute atomic E-state index is 0.655. The van der Waals surface area contributed by atoms with Crippen molar-refractivity contribution in [3.63, 3.8) is 0 Å². The molecule has 0 aliphatic carbocycles. The van der Waals surface area contributed by atoms with Crippen LogP contribution in [0.25, 0.3) is 0 Å². The first kappa shape index (κ1) is 12.1. The van der Waals surface area contributed by atoms with Crippen molar-refractivity contribution in [1.29, 1.82) is 0 Å². The monoisotopic (exact) mass is 286 g/mol. The SMILES string of the molecule is Cc1nn(C)c(CN(C)C2CCNC2)c1Br. The maximum atomic E-state index is 4.42. The lowest BCUT2D eigenvalue weighted by Crippen LogP contribution is -2.33. The summed E-state index contributed by atoms with van der Waals surface area (Å²) in [7, 11) is 4.19. The van der Waals surface area contributed by atoms with Gasteiger partial charge in [0.1, 0.15) is 0 Å². The summed E-state index contributed by atoms with van der Waals surface area (Å²) in [5.74, 6) is 0. The molecule has 1 N–H and O–H groups in total. The molecule has 0 radical (unpaired) electrons. The highest BCUT2D eigenvalue weighted by Gasteiger charge is 2.21. The van der Waals surface area contributed by atoms with Crippen molar-refractivity contribution in [3.05, 3.63) is 15.9 Å². The quantitative estimate of drug-likeness (QED) is 0.909. The van der Waals surface area contributed by atoms with E-state index < -0.39 is 0 Å². The summed E-state index contributed by atoms with van der Waals surface area (Å²) in [5, 5.41) is 7.82. The number of hydrogen-bond acceptors (Lipinski definition) is 3. The predicted octanol–water partition coefficient (Wildman–Crippen LogP) is 1.28. The number of hydrogen-bond donors (Lipinski definition) is 1. The zero-order chi connectivity index (χ0) is 11.7. The molecular weight excluding hydrogens is 268 g/mol. The second-order valence-corrected chi connectivity index (χ2v) is 5.32. The molecule has 0 aromatic carbocycles. The largest absolute Gasteiger partial charge is 0.315 e. The molecule has 0 saturated carbocycles. The van der Waals surface area contributed by atoms with Crippen molar-refractivity contribution in [2.24, 2.45) is 7.05 Å². The third kappa shape index (κ3) is 2.31. The molecule has 0 amide bonds. The van der Waals surface area contributed by atoms with Gasteiger partial charge in [-0.15, -0.1) is 0 Å². The highest BCUT2D eigenvalue weighted by Crippen LogP contribution is 2.22. The molecule has 90 valence electrons. The fraction of sp³-hybridized carbons (Fsp3) is 0.727. The van der Waals surface area contributed by atoms with E-state index in [4.69, 9.17) is 0 Å². The van der Waals surface area contributed by atoms with E-state index in [0.717, 1.165) is 29.8 Å². The van der Waals surface area contributed by atoms with E-state index >= 15 is 0 Å². The molecule has 1 saturated heterocycles. The molecule has 0 spiro atoms. The van der Waals surface area contributed by atoms with Crippen LogP contribution in [0.2, 0.25) is 0 Å². The minimum Gasteiger partial charge on any atom is -0.315 e. The lowest BCUT2D eigenvalue weighted by Gasteiger charge is -2.23. The van der Waals surface area contributed by atoms with E-state index in [-0.39, 0.29) is 0 Å². The second kappa shape index (κ2) is 4.85. The van der Waals surface area contributed by atoms with Crippen LogP contribution in [0.5, 0.6) is 0 Å². The van der Waals surface area contributed by atoms with Crippen LogP contribution < -0.4 is 5.32 Å². The van der Waals surface area contributed by atoms with Gasteiger partial charge in [0, 0.05) is 26.2 Å². The topological polar surface area (TPSA) is 33.1 Å². The Morgan fingerprint density at radius 2 is 2.38 bits per heavy atom. The summed E-state index contributed by atoms with van der Waals surface area (Å²) in [6.45, 7) is 5.22. The van der Waals surface area contributed by atoms with E-state index in [1.807, 2.05) is 18.7 Å². The zero-order valence-corrected chi connectivity index (χ0v) is 11.7. The van der Waals surface area contributed by atoms with Gasteiger partial charge in [0.15, 0.2) is 0 Å². The van der Waals surface area contributed by atoms with E-state index in [0.29, 0.717) is 6.04 Å². The van der Waals surface area contributed by atoms with Crippen LogP contribution in [0.4, 0.5) is 0 Å². The Morgan fingerprint density at radius 3 is 2.88 bits per heavy atom. The van der Waals surface area contributed by atoms with Gasteiger partial charge >= 0.3 is 0 Å². The van der Waals surface area contributed by atoms with Crippen LogP contribution in [0.15, 0.2) is 4.47 Å². The molecule has 1 fully saturated rings. The van der Waals surface area contributed by atoms with Crippen LogP contribution in [0.3, 0.4) is 0 Å². The highest BCUT2D eigenvalue weighted by atomic mass is 79.9. The molecule has 4 nitrogen and oxygen atoms in total. The zero-order valence-electron chi connectivity index (χ0n) is 10.1. The van der Waals surface area contributed by atoms with Gasteiger partial charge in [-0.1, -0.05) is 0 Å². The second-order valence-electron chi connectivity index (χ2n) is 4.53. The Kier molecular flexibility index (Phi) is 3.66. The Labute approximate surface area is 105 Å². The molecule has 0 bridgehead atoms. The summed E-state index contributed by atoms with van der Waals surface area (Å²) in [5.41, 5.74) is 2.32. The summed E-state index contributed by atoms with van der Waals surface area (Å²) in [4.78, 5) is 2.40. The van der Waals surface area contributed by atoms with E-state index in [1.54, 1.807) is 0 Å². The van der Waals surface area contributed by atoms with Gasteiger partial charge in [0.2, 0.25) is 0 Å². The van der Waals surface area contributed by atoms with Crippen molar-refractivity contribution >= 4 is 15.9 Å². The van der Waals surface area contributed by atoms with Gasteiger partial charge in [0.25, 0.3) is 0 Å². The number of nitrogens with one attached hydrogen (secondary N) is 1. The Bertz CT molecular complexity index is 368. The molecule has 5 heteroatoms. The lowest BCUT2D eigenvalue weighted by molar-refractivity contribution is 0.242. The summed E-state index contributed by atoms with van der Waals surface area (Å²) < 4.78 is 3.12. The predicted molar refractivity (Wildman–Crippen MR) is 68.4 cm³/mol. The van der Waals surface area contributed by atoms with Crippen molar-refractivity contribution in [2.45, 2.75) is 25.9 Å². The maximum absolute atomic E-state index is 4.42. The number of aromatic nitrogens is 2. The van der Waals surface area contributed by atoms with Crippen LogP contribution in [-0.2, 0) is 13.6 Å². The van der Waals surface area contributed by atoms with Crippen molar-refractivity contribution in [2.75, 3.05) is 20.1 Å². The Morgan fingerprint density at radius 1 is 1.62 bits per heavy atom. The number of likely N-dealkylation sites (N-methyl/N-ethyl adjacent to an activating group) is 1. The first-order chi connectivity index (χ1) is 7.59. The first-order valence-corrected chi connectivity index (χ1v) is 6.48. The van der Waals surface area contributed by atoms with Crippen molar-refractivity contribution in [3.8, 4) is 0 Å². The first-order valence-electron chi connectivity index (χ1n) is 5.68. The van der Waals surface area contributed by atoms with Gasteiger partial charge in [0.05, 0.1) is 15.9 Å². The fourth-order valence-electron chi connectivity index (χ4n) is 2.23. The summed E-state index contributed by atoms with van der Waals surface area (Å²) in [6.07, 6.45) is 1.24. The molecule has 1 unspecified atom stereocenters. The van der Waals surface area contributed by atoms with Gasteiger partial charge in [-0.05, 0) is 42.9 Å². The molecule has 1 aliphatic rings. The van der Waals surface area contributed by atoms with Crippen molar-refractivity contribution in [1.82, 2.24) is 20.0 Å². The van der Waals surface area contributed by atoms with Crippen LogP contribution in [-0.4, -0.2) is 40.9 Å². The third-order valence-corrected chi connectivity index (χ3v) is 4.35. The molecule has 2 rings (SSSR count). The van der Waals surface area contributed by atoms with Gasteiger partial charge in [-0.2, -0.15) is 5.10 Å².